The number of halogens is 2. The summed E-state index contributed by atoms with van der Waals surface area (Å²) < 4.78 is 6.57. The quantitative estimate of drug-likeness (QED) is 0.457. The van der Waals surface area contributed by atoms with Crippen molar-refractivity contribution < 1.29 is 9.32 Å². The Morgan fingerprint density at radius 2 is 2.03 bits per heavy atom. The van der Waals surface area contributed by atoms with Crippen LogP contribution >= 0.6 is 34.2 Å². The van der Waals surface area contributed by atoms with Crippen LogP contribution in [0.3, 0.4) is 0 Å². The van der Waals surface area contributed by atoms with Crippen molar-refractivity contribution in [1.82, 2.24) is 15.0 Å². The average Bonchev–Trinajstić information content (AvgIpc) is 3.19. The van der Waals surface area contributed by atoms with Crippen molar-refractivity contribution in [2.24, 2.45) is 5.92 Å². The summed E-state index contributed by atoms with van der Waals surface area (Å²) >= 11 is 8.49. The number of hydrogen-bond acceptors (Lipinski definition) is 5. The third-order valence-electron chi connectivity index (χ3n) is 5.35. The number of benzene rings is 2. The molecule has 0 spiro atoms. The molecule has 1 N–H and O–H groups in total. The van der Waals surface area contributed by atoms with E-state index < -0.39 is 0 Å². The van der Waals surface area contributed by atoms with Crippen LogP contribution in [-0.2, 0) is 11.3 Å². The summed E-state index contributed by atoms with van der Waals surface area (Å²) in [6, 6.07) is 13.5. The van der Waals surface area contributed by atoms with E-state index in [4.69, 9.17) is 16.1 Å². The first-order valence-corrected chi connectivity index (χ1v) is 11.3. The number of anilines is 1. The fourth-order valence-electron chi connectivity index (χ4n) is 3.62. The molecule has 0 unspecified atom stereocenters. The van der Waals surface area contributed by atoms with E-state index in [1.54, 1.807) is 6.07 Å². The molecule has 0 atom stereocenters. The van der Waals surface area contributed by atoms with Gasteiger partial charge >= 0.3 is 0 Å². The topological polar surface area (TPSA) is 71.3 Å². The van der Waals surface area contributed by atoms with Crippen molar-refractivity contribution >= 4 is 45.8 Å². The Labute approximate surface area is 194 Å². The SMILES string of the molecule is Cc1cc(I)ccc1NC(=O)C1CCN(Cc2nc(-c3ccccc3Cl)no2)CC1. The van der Waals surface area contributed by atoms with Gasteiger partial charge in [0.15, 0.2) is 0 Å². The number of aryl methyl sites for hydroxylation is 1. The van der Waals surface area contributed by atoms with Gasteiger partial charge in [-0.05, 0) is 91.3 Å². The van der Waals surface area contributed by atoms with Crippen LogP contribution in [0, 0.1) is 16.4 Å². The summed E-state index contributed by atoms with van der Waals surface area (Å²) in [6.07, 6.45) is 1.61. The standard InChI is InChI=1S/C22H22ClIN4O2/c1-14-12-16(24)6-7-19(14)25-22(29)15-8-10-28(11-9-15)13-20-26-21(27-30-20)17-4-2-3-5-18(17)23/h2-7,12,15H,8-11,13H2,1H3,(H,25,29). The van der Waals surface area contributed by atoms with E-state index in [9.17, 15) is 4.79 Å². The Morgan fingerprint density at radius 1 is 1.27 bits per heavy atom. The van der Waals surface area contributed by atoms with Gasteiger partial charge in [0.2, 0.25) is 17.6 Å². The molecular formula is C22H22ClIN4O2. The number of nitrogens with zero attached hydrogens (tertiary/aromatic N) is 3. The lowest BCUT2D eigenvalue weighted by atomic mass is 9.95. The maximum Gasteiger partial charge on any atom is 0.241 e. The Morgan fingerprint density at radius 3 is 2.77 bits per heavy atom. The van der Waals surface area contributed by atoms with Crippen LogP contribution in [0.25, 0.3) is 11.4 Å². The third-order valence-corrected chi connectivity index (χ3v) is 6.35. The Balaban J connectivity index is 1.31. The minimum absolute atomic E-state index is 0.0151. The van der Waals surface area contributed by atoms with Gasteiger partial charge in [0, 0.05) is 20.7 Å². The van der Waals surface area contributed by atoms with Gasteiger partial charge in [-0.2, -0.15) is 4.98 Å². The van der Waals surface area contributed by atoms with Crippen LogP contribution < -0.4 is 5.32 Å². The Bertz CT molecular complexity index is 1050. The highest BCUT2D eigenvalue weighted by molar-refractivity contribution is 14.1. The first-order chi connectivity index (χ1) is 14.5. The van der Waals surface area contributed by atoms with E-state index in [0.717, 1.165) is 46.3 Å². The fourth-order valence-corrected chi connectivity index (χ4v) is 4.48. The van der Waals surface area contributed by atoms with Gasteiger partial charge in [0.25, 0.3) is 0 Å². The van der Waals surface area contributed by atoms with E-state index in [1.165, 1.54) is 0 Å². The van der Waals surface area contributed by atoms with Crippen LogP contribution in [0.4, 0.5) is 5.69 Å². The van der Waals surface area contributed by atoms with Gasteiger partial charge < -0.3 is 9.84 Å². The summed E-state index contributed by atoms with van der Waals surface area (Å²) in [5.74, 6) is 1.17. The zero-order valence-corrected chi connectivity index (χ0v) is 19.5. The molecule has 156 valence electrons. The molecule has 1 aromatic heterocycles. The number of rotatable bonds is 5. The van der Waals surface area contributed by atoms with Gasteiger partial charge in [0.05, 0.1) is 11.6 Å². The first kappa shape index (κ1) is 21.3. The molecule has 8 heteroatoms. The lowest BCUT2D eigenvalue weighted by molar-refractivity contribution is -0.121. The highest BCUT2D eigenvalue weighted by atomic mass is 127. The predicted molar refractivity (Wildman–Crippen MR) is 125 cm³/mol. The average molecular weight is 537 g/mol. The summed E-state index contributed by atoms with van der Waals surface area (Å²) in [6.45, 7) is 4.21. The van der Waals surface area contributed by atoms with Crippen LogP contribution in [0.15, 0.2) is 47.0 Å². The normalized spacial score (nSPS) is 15.3. The van der Waals surface area contributed by atoms with Gasteiger partial charge in [-0.3, -0.25) is 9.69 Å². The molecule has 0 aliphatic carbocycles. The largest absolute Gasteiger partial charge is 0.338 e. The summed E-state index contributed by atoms with van der Waals surface area (Å²) in [5.41, 5.74) is 2.73. The molecule has 6 nitrogen and oxygen atoms in total. The number of amides is 1. The van der Waals surface area contributed by atoms with Crippen molar-refractivity contribution in [3.63, 3.8) is 0 Å². The Hall–Kier alpha value is -1.97. The van der Waals surface area contributed by atoms with Gasteiger partial charge in [0.1, 0.15) is 0 Å². The second-order valence-corrected chi connectivity index (χ2v) is 9.14. The van der Waals surface area contributed by atoms with Crippen molar-refractivity contribution in [2.75, 3.05) is 18.4 Å². The van der Waals surface area contributed by atoms with Crippen LogP contribution in [0.2, 0.25) is 5.02 Å². The van der Waals surface area contributed by atoms with E-state index in [1.807, 2.05) is 37.3 Å². The molecule has 0 saturated carbocycles. The monoisotopic (exact) mass is 536 g/mol. The van der Waals surface area contributed by atoms with E-state index in [-0.39, 0.29) is 11.8 Å². The van der Waals surface area contributed by atoms with Crippen molar-refractivity contribution in [1.29, 1.82) is 0 Å². The Kier molecular flexibility index (Phi) is 6.70. The highest BCUT2D eigenvalue weighted by Crippen LogP contribution is 2.26. The zero-order chi connectivity index (χ0) is 21.1. The zero-order valence-electron chi connectivity index (χ0n) is 16.6. The van der Waals surface area contributed by atoms with E-state index >= 15 is 0 Å². The predicted octanol–water partition coefficient (Wildman–Crippen LogP) is 5.15. The molecule has 2 aromatic carbocycles. The lowest BCUT2D eigenvalue weighted by Crippen LogP contribution is -2.37. The molecule has 1 saturated heterocycles. The second-order valence-electron chi connectivity index (χ2n) is 7.49. The van der Waals surface area contributed by atoms with Gasteiger partial charge in [-0.15, -0.1) is 0 Å². The molecule has 1 aliphatic heterocycles. The minimum Gasteiger partial charge on any atom is -0.338 e. The number of piperidine rings is 1. The van der Waals surface area contributed by atoms with Gasteiger partial charge in [-0.1, -0.05) is 28.9 Å². The fraction of sp³-hybridized carbons (Fsp3) is 0.318. The molecule has 3 aromatic rings. The minimum atomic E-state index is 0.0151. The molecule has 1 amide bonds. The first-order valence-electron chi connectivity index (χ1n) is 9.86. The highest BCUT2D eigenvalue weighted by Gasteiger charge is 2.26. The molecule has 4 rings (SSSR count). The lowest BCUT2D eigenvalue weighted by Gasteiger charge is -2.30. The molecule has 1 aliphatic rings. The van der Waals surface area contributed by atoms with Crippen LogP contribution in [-0.4, -0.2) is 34.0 Å². The summed E-state index contributed by atoms with van der Waals surface area (Å²) in [5, 5.41) is 7.74. The van der Waals surface area contributed by atoms with E-state index in [2.05, 4.69) is 49.0 Å². The molecule has 30 heavy (non-hydrogen) atoms. The molecule has 1 fully saturated rings. The molecular weight excluding hydrogens is 515 g/mol. The summed E-state index contributed by atoms with van der Waals surface area (Å²) in [4.78, 5) is 19.4. The van der Waals surface area contributed by atoms with E-state index in [0.29, 0.717) is 23.3 Å². The number of carbonyl (C=O) groups excluding carboxylic acids is 1. The number of aromatic nitrogens is 2. The van der Waals surface area contributed by atoms with Gasteiger partial charge in [-0.25, -0.2) is 0 Å². The number of carbonyl (C=O) groups is 1. The van der Waals surface area contributed by atoms with Crippen molar-refractivity contribution in [2.45, 2.75) is 26.3 Å². The summed E-state index contributed by atoms with van der Waals surface area (Å²) in [7, 11) is 0. The van der Waals surface area contributed by atoms with Crippen molar-refractivity contribution in [3.8, 4) is 11.4 Å². The maximum absolute atomic E-state index is 12.7. The van der Waals surface area contributed by atoms with Crippen LogP contribution in [0.1, 0.15) is 24.3 Å². The molecule has 0 radical (unpaired) electrons. The third kappa shape index (κ3) is 5.01. The molecule has 0 bridgehead atoms. The van der Waals surface area contributed by atoms with Crippen LogP contribution in [0.5, 0.6) is 0 Å². The number of nitrogens with one attached hydrogen (secondary N) is 1. The molecule has 2 heterocycles. The number of hydrogen-bond donors (Lipinski definition) is 1. The maximum atomic E-state index is 12.7. The second kappa shape index (κ2) is 9.45. The number of likely N-dealkylation sites (tertiary alicyclic amines) is 1. The van der Waals surface area contributed by atoms with Crippen molar-refractivity contribution in [3.05, 3.63) is 62.5 Å². The smallest absolute Gasteiger partial charge is 0.241 e.